The molecule has 0 aromatic rings. The lowest BCUT2D eigenvalue weighted by Crippen LogP contribution is -2.32. The highest BCUT2D eigenvalue weighted by Crippen LogP contribution is 2.02. The van der Waals surface area contributed by atoms with E-state index in [4.69, 9.17) is 10.4 Å². The topological polar surface area (TPSA) is 47.3 Å². The molecule has 0 aliphatic heterocycles. The maximum absolute atomic E-state index is 12.0. The van der Waals surface area contributed by atoms with Crippen molar-refractivity contribution in [2.75, 3.05) is 26.2 Å². The number of hydrogen-bond acceptors (Lipinski definition) is 3. The van der Waals surface area contributed by atoms with Gasteiger partial charge in [0.25, 0.3) is 6.43 Å². The monoisotopic (exact) mass is 206 g/mol. The molecule has 0 spiro atoms. The second-order valence-corrected chi connectivity index (χ2v) is 3.03. The number of halogens is 2. The Bertz CT molecular complexity index is 171. The highest BCUT2D eigenvalue weighted by Gasteiger charge is 2.10. The Kier molecular flexibility index (Phi) is 8.39. The predicted molar refractivity (Wildman–Crippen MR) is 49.0 cm³/mol. The average molecular weight is 206 g/mol. The number of nitriles is 1. The summed E-state index contributed by atoms with van der Waals surface area (Å²) in [6.45, 7) is 0.390. The largest absolute Gasteiger partial charge is 0.395 e. The van der Waals surface area contributed by atoms with Gasteiger partial charge >= 0.3 is 0 Å². The maximum Gasteiger partial charge on any atom is 0.251 e. The number of nitrogens with zero attached hydrogens (tertiary/aromatic N) is 2. The van der Waals surface area contributed by atoms with Crippen LogP contribution in [0.4, 0.5) is 8.78 Å². The van der Waals surface area contributed by atoms with Gasteiger partial charge in [-0.3, -0.25) is 4.90 Å². The van der Waals surface area contributed by atoms with E-state index >= 15 is 0 Å². The second kappa shape index (κ2) is 8.85. The minimum absolute atomic E-state index is 0.106. The summed E-state index contributed by atoms with van der Waals surface area (Å²) in [5.41, 5.74) is 0. The molecule has 0 fully saturated rings. The Morgan fingerprint density at radius 1 is 1.29 bits per heavy atom. The Hall–Kier alpha value is -0.730. The lowest BCUT2D eigenvalue weighted by atomic mass is 10.2. The summed E-state index contributed by atoms with van der Waals surface area (Å²) in [6, 6.07) is 2.00. The van der Waals surface area contributed by atoms with Gasteiger partial charge in [-0.05, 0) is 19.4 Å². The van der Waals surface area contributed by atoms with Gasteiger partial charge in [-0.2, -0.15) is 5.26 Å². The molecule has 0 bridgehead atoms. The Morgan fingerprint density at radius 3 is 2.50 bits per heavy atom. The molecule has 0 aliphatic carbocycles. The van der Waals surface area contributed by atoms with Gasteiger partial charge in [0, 0.05) is 13.0 Å². The van der Waals surface area contributed by atoms with E-state index in [1.165, 1.54) is 4.90 Å². The van der Waals surface area contributed by atoms with Crippen molar-refractivity contribution in [3.63, 3.8) is 0 Å². The van der Waals surface area contributed by atoms with Crippen molar-refractivity contribution in [2.45, 2.75) is 25.7 Å². The highest BCUT2D eigenvalue weighted by atomic mass is 19.3. The molecular formula is C9H16F2N2O. The van der Waals surface area contributed by atoms with Gasteiger partial charge in [0.2, 0.25) is 0 Å². The van der Waals surface area contributed by atoms with Crippen LogP contribution in [-0.4, -0.2) is 42.7 Å². The van der Waals surface area contributed by atoms with E-state index < -0.39 is 6.43 Å². The number of aliphatic hydroxyl groups excluding tert-OH is 1. The number of rotatable bonds is 8. The van der Waals surface area contributed by atoms with Crippen molar-refractivity contribution < 1.29 is 13.9 Å². The minimum Gasteiger partial charge on any atom is -0.395 e. The van der Waals surface area contributed by atoms with Gasteiger partial charge in [0.15, 0.2) is 0 Å². The molecule has 0 heterocycles. The van der Waals surface area contributed by atoms with Crippen molar-refractivity contribution in [1.29, 1.82) is 5.26 Å². The first-order chi connectivity index (χ1) is 6.70. The summed E-state index contributed by atoms with van der Waals surface area (Å²) in [6.07, 6.45) is -0.457. The fourth-order valence-corrected chi connectivity index (χ4v) is 1.17. The molecule has 0 aliphatic rings. The molecule has 0 atom stereocenters. The van der Waals surface area contributed by atoms with Gasteiger partial charge < -0.3 is 5.11 Å². The molecule has 5 heteroatoms. The van der Waals surface area contributed by atoms with Gasteiger partial charge in [0.1, 0.15) is 0 Å². The molecular weight excluding hydrogens is 190 g/mol. The first-order valence-electron chi connectivity index (χ1n) is 4.69. The van der Waals surface area contributed by atoms with E-state index in [0.717, 1.165) is 12.8 Å². The Balaban J connectivity index is 3.57. The van der Waals surface area contributed by atoms with Crippen molar-refractivity contribution in [2.24, 2.45) is 0 Å². The van der Waals surface area contributed by atoms with Crippen LogP contribution in [0.3, 0.4) is 0 Å². The summed E-state index contributed by atoms with van der Waals surface area (Å²) in [5, 5.41) is 16.9. The fraction of sp³-hybridized carbons (Fsp3) is 0.889. The third-order valence-corrected chi connectivity index (χ3v) is 1.83. The normalized spacial score (nSPS) is 10.9. The summed E-state index contributed by atoms with van der Waals surface area (Å²) in [7, 11) is 0. The molecule has 0 aromatic heterocycles. The smallest absolute Gasteiger partial charge is 0.251 e. The number of hydrogen-bond donors (Lipinski definition) is 1. The Labute approximate surface area is 82.9 Å². The first-order valence-corrected chi connectivity index (χ1v) is 4.69. The van der Waals surface area contributed by atoms with Crippen molar-refractivity contribution >= 4 is 0 Å². The maximum atomic E-state index is 12.0. The number of unbranched alkanes of at least 4 members (excludes halogenated alkanes) is 2. The van der Waals surface area contributed by atoms with E-state index in [1.54, 1.807) is 0 Å². The fourth-order valence-electron chi connectivity index (χ4n) is 1.17. The number of aliphatic hydroxyl groups is 1. The van der Waals surface area contributed by atoms with Crippen LogP contribution in [0.5, 0.6) is 0 Å². The molecule has 14 heavy (non-hydrogen) atoms. The summed E-state index contributed by atoms with van der Waals surface area (Å²) < 4.78 is 24.0. The van der Waals surface area contributed by atoms with Crippen molar-refractivity contribution in [3.8, 4) is 6.07 Å². The summed E-state index contributed by atoms with van der Waals surface area (Å²) in [5.74, 6) is 0. The van der Waals surface area contributed by atoms with E-state index in [9.17, 15) is 8.78 Å². The predicted octanol–water partition coefficient (Wildman–Crippen LogP) is 1.24. The summed E-state index contributed by atoms with van der Waals surface area (Å²) >= 11 is 0. The van der Waals surface area contributed by atoms with Crippen LogP contribution in [0.2, 0.25) is 0 Å². The molecule has 0 radical (unpaired) electrons. The second-order valence-electron chi connectivity index (χ2n) is 3.03. The zero-order chi connectivity index (χ0) is 10.8. The molecule has 0 saturated carbocycles. The first kappa shape index (κ1) is 13.3. The van der Waals surface area contributed by atoms with Gasteiger partial charge in [0.05, 0.1) is 19.2 Å². The zero-order valence-electron chi connectivity index (χ0n) is 8.12. The Morgan fingerprint density at radius 2 is 2.00 bits per heavy atom. The molecule has 0 amide bonds. The highest BCUT2D eigenvalue weighted by molar-refractivity contribution is 4.69. The van der Waals surface area contributed by atoms with Crippen LogP contribution in [-0.2, 0) is 0 Å². The standard InChI is InChI=1S/C9H16F2N2O/c10-9(11)8-13(6-7-14)5-3-1-2-4-12/h9,14H,1-3,5-8H2. The van der Waals surface area contributed by atoms with E-state index in [0.29, 0.717) is 13.0 Å². The zero-order valence-corrected chi connectivity index (χ0v) is 8.12. The molecule has 1 N–H and O–H groups in total. The van der Waals surface area contributed by atoms with E-state index in [2.05, 4.69) is 0 Å². The van der Waals surface area contributed by atoms with Gasteiger partial charge in [-0.25, -0.2) is 8.78 Å². The molecule has 0 saturated heterocycles. The third-order valence-electron chi connectivity index (χ3n) is 1.83. The molecule has 0 rings (SSSR count). The minimum atomic E-state index is -2.36. The van der Waals surface area contributed by atoms with Crippen LogP contribution in [0.1, 0.15) is 19.3 Å². The van der Waals surface area contributed by atoms with Crippen molar-refractivity contribution in [1.82, 2.24) is 4.90 Å². The molecule has 0 aromatic carbocycles. The van der Waals surface area contributed by atoms with Crippen LogP contribution < -0.4 is 0 Å². The molecule has 0 unspecified atom stereocenters. The quantitative estimate of drug-likeness (QED) is 0.608. The average Bonchev–Trinajstić information content (AvgIpc) is 2.12. The lowest BCUT2D eigenvalue weighted by molar-refractivity contribution is 0.0775. The number of alkyl halides is 2. The van der Waals surface area contributed by atoms with E-state index in [-0.39, 0.29) is 19.7 Å². The third kappa shape index (κ3) is 7.90. The van der Waals surface area contributed by atoms with Gasteiger partial charge in [-0.1, -0.05) is 0 Å². The molecule has 82 valence electrons. The van der Waals surface area contributed by atoms with Crippen molar-refractivity contribution in [3.05, 3.63) is 0 Å². The van der Waals surface area contributed by atoms with Crippen LogP contribution in [0, 0.1) is 11.3 Å². The SMILES string of the molecule is N#CCCCCN(CCO)CC(F)F. The summed E-state index contributed by atoms with van der Waals surface area (Å²) in [4.78, 5) is 1.52. The van der Waals surface area contributed by atoms with Gasteiger partial charge in [-0.15, -0.1) is 0 Å². The molecule has 3 nitrogen and oxygen atoms in total. The van der Waals surface area contributed by atoms with Crippen LogP contribution in [0.15, 0.2) is 0 Å². The van der Waals surface area contributed by atoms with Crippen LogP contribution in [0.25, 0.3) is 0 Å². The van der Waals surface area contributed by atoms with Crippen LogP contribution >= 0.6 is 0 Å². The van der Waals surface area contributed by atoms with E-state index in [1.807, 2.05) is 6.07 Å². The lowest BCUT2D eigenvalue weighted by Gasteiger charge is -2.20.